The van der Waals surface area contributed by atoms with Crippen molar-refractivity contribution in [3.8, 4) is 17.5 Å². The molecule has 3 atom stereocenters. The van der Waals surface area contributed by atoms with E-state index in [-0.39, 0.29) is 29.1 Å². The second kappa shape index (κ2) is 7.34. The topological polar surface area (TPSA) is 79.5 Å². The van der Waals surface area contributed by atoms with Gasteiger partial charge in [0, 0.05) is 28.5 Å². The summed E-state index contributed by atoms with van der Waals surface area (Å²) in [6, 6.07) is 12.1. The highest BCUT2D eigenvalue weighted by atomic mass is 16.1. The summed E-state index contributed by atoms with van der Waals surface area (Å²) in [5.74, 6) is 0.800. The first-order chi connectivity index (χ1) is 15.3. The van der Waals surface area contributed by atoms with Crippen molar-refractivity contribution in [3.63, 3.8) is 0 Å². The zero-order valence-corrected chi connectivity index (χ0v) is 18.9. The minimum absolute atomic E-state index is 0.0445. The molecule has 2 aromatic heterocycles. The molecule has 0 bridgehead atoms. The van der Waals surface area contributed by atoms with Gasteiger partial charge in [0.1, 0.15) is 6.07 Å². The Bertz CT molecular complexity index is 1330. The number of pyridine rings is 1. The van der Waals surface area contributed by atoms with Crippen LogP contribution in [-0.4, -0.2) is 20.7 Å². The Morgan fingerprint density at radius 1 is 1.19 bits per heavy atom. The first-order valence-corrected chi connectivity index (χ1v) is 11.3. The van der Waals surface area contributed by atoms with Gasteiger partial charge in [-0.25, -0.2) is 9.97 Å². The lowest BCUT2D eigenvalue weighted by atomic mass is 9.57. The number of allylic oxidation sites excluding steroid dienone is 2. The van der Waals surface area contributed by atoms with Gasteiger partial charge in [-0.1, -0.05) is 52.0 Å². The molecule has 0 radical (unpaired) electrons. The monoisotopic (exact) mass is 422 g/mol. The van der Waals surface area contributed by atoms with Gasteiger partial charge in [0.2, 0.25) is 0 Å². The van der Waals surface area contributed by atoms with E-state index in [0.717, 1.165) is 40.7 Å². The summed E-state index contributed by atoms with van der Waals surface area (Å²) >= 11 is 0. The molecule has 160 valence electrons. The SMILES string of the molecule is CC(C)c1nc(-c2ccnc3ccccc23)nc2c1CC[C@@H]1[C@@H](C)C(=O)C(C#N)=C[C@@]21C. The average molecular weight is 423 g/mol. The highest BCUT2D eigenvalue weighted by molar-refractivity contribution is 6.02. The molecule has 2 aliphatic rings. The van der Waals surface area contributed by atoms with Gasteiger partial charge in [0.15, 0.2) is 11.6 Å². The van der Waals surface area contributed by atoms with E-state index in [1.54, 1.807) is 6.20 Å². The number of carbonyl (C=O) groups excluding carboxylic acids is 1. The lowest BCUT2D eigenvalue weighted by Crippen LogP contribution is -2.46. The van der Waals surface area contributed by atoms with Crippen LogP contribution in [0.15, 0.2) is 48.2 Å². The highest BCUT2D eigenvalue weighted by Gasteiger charge is 2.49. The van der Waals surface area contributed by atoms with Crippen LogP contribution in [-0.2, 0) is 16.6 Å². The molecule has 0 spiro atoms. The van der Waals surface area contributed by atoms with E-state index in [0.29, 0.717) is 5.82 Å². The number of nitrogens with zero attached hydrogens (tertiary/aromatic N) is 4. The number of carbonyl (C=O) groups is 1. The molecule has 3 aromatic rings. The third kappa shape index (κ3) is 2.90. The molecule has 0 saturated heterocycles. The Labute approximate surface area is 188 Å². The number of nitriles is 1. The summed E-state index contributed by atoms with van der Waals surface area (Å²) in [6.45, 7) is 8.42. The molecule has 0 amide bonds. The van der Waals surface area contributed by atoms with Gasteiger partial charge in [-0.3, -0.25) is 9.78 Å². The summed E-state index contributed by atoms with van der Waals surface area (Å²) in [4.78, 5) is 27.5. The Hall–Kier alpha value is -3.39. The molecular formula is C27H26N4O. The van der Waals surface area contributed by atoms with Gasteiger partial charge in [-0.2, -0.15) is 5.26 Å². The largest absolute Gasteiger partial charge is 0.293 e. The number of Topliss-reactive ketones (excluding diaryl/α,β-unsaturated/α-hetero) is 1. The van der Waals surface area contributed by atoms with Crippen molar-refractivity contribution in [1.29, 1.82) is 5.26 Å². The predicted molar refractivity (Wildman–Crippen MR) is 124 cm³/mol. The van der Waals surface area contributed by atoms with Crippen molar-refractivity contribution in [3.05, 3.63) is 65.1 Å². The summed E-state index contributed by atoms with van der Waals surface area (Å²) in [7, 11) is 0. The minimum Gasteiger partial charge on any atom is -0.293 e. The van der Waals surface area contributed by atoms with Gasteiger partial charge in [-0.05, 0) is 42.4 Å². The van der Waals surface area contributed by atoms with Gasteiger partial charge >= 0.3 is 0 Å². The maximum Gasteiger partial charge on any atom is 0.176 e. The Morgan fingerprint density at radius 3 is 2.72 bits per heavy atom. The van der Waals surface area contributed by atoms with Crippen molar-refractivity contribution in [2.24, 2.45) is 11.8 Å². The van der Waals surface area contributed by atoms with Crippen LogP contribution in [0.3, 0.4) is 0 Å². The molecule has 5 heteroatoms. The average Bonchev–Trinajstić information content (AvgIpc) is 2.80. The van der Waals surface area contributed by atoms with Crippen LogP contribution in [0.4, 0.5) is 0 Å². The number of ketones is 1. The van der Waals surface area contributed by atoms with Crippen molar-refractivity contribution < 1.29 is 4.79 Å². The number of benzene rings is 1. The molecule has 32 heavy (non-hydrogen) atoms. The summed E-state index contributed by atoms with van der Waals surface area (Å²) in [5.41, 5.74) is 4.84. The van der Waals surface area contributed by atoms with Gasteiger partial charge < -0.3 is 0 Å². The molecule has 2 heterocycles. The van der Waals surface area contributed by atoms with E-state index >= 15 is 0 Å². The molecule has 1 aromatic carbocycles. The molecule has 0 N–H and O–H groups in total. The third-order valence-electron chi connectivity index (χ3n) is 7.31. The zero-order valence-electron chi connectivity index (χ0n) is 18.9. The van der Waals surface area contributed by atoms with Crippen LogP contribution in [0.2, 0.25) is 0 Å². The third-order valence-corrected chi connectivity index (χ3v) is 7.31. The summed E-state index contributed by atoms with van der Waals surface area (Å²) < 4.78 is 0. The van der Waals surface area contributed by atoms with Gasteiger partial charge in [0.05, 0.1) is 22.5 Å². The van der Waals surface area contributed by atoms with Crippen molar-refractivity contribution in [2.75, 3.05) is 0 Å². The Morgan fingerprint density at radius 2 is 1.97 bits per heavy atom. The molecule has 0 aliphatic heterocycles. The minimum atomic E-state index is -0.476. The number of hydrogen-bond donors (Lipinski definition) is 0. The maximum absolute atomic E-state index is 12.7. The van der Waals surface area contributed by atoms with Crippen LogP contribution >= 0.6 is 0 Å². The fourth-order valence-electron chi connectivity index (χ4n) is 5.69. The lowest BCUT2D eigenvalue weighted by molar-refractivity contribution is -0.121. The van der Waals surface area contributed by atoms with Crippen molar-refractivity contribution >= 4 is 16.7 Å². The van der Waals surface area contributed by atoms with E-state index in [2.05, 4.69) is 37.9 Å². The molecular weight excluding hydrogens is 396 g/mol. The quantitative estimate of drug-likeness (QED) is 0.559. The predicted octanol–water partition coefficient (Wildman–Crippen LogP) is 5.30. The zero-order chi connectivity index (χ0) is 22.6. The number of aromatic nitrogens is 3. The van der Waals surface area contributed by atoms with E-state index in [1.165, 1.54) is 5.56 Å². The van der Waals surface area contributed by atoms with Gasteiger partial charge in [-0.15, -0.1) is 0 Å². The number of rotatable bonds is 2. The van der Waals surface area contributed by atoms with Crippen LogP contribution in [0.25, 0.3) is 22.3 Å². The standard InChI is InChI=1S/C27H26N4O/c1-15(2)23-20-9-10-21-16(3)24(32)17(14-28)13-27(21,4)25(20)31-26(30-23)19-11-12-29-22-8-6-5-7-18(19)22/h5-8,11-13,15-16,21H,9-10H2,1-4H3/t16-,21-,27-/m1/s1. The highest BCUT2D eigenvalue weighted by Crippen LogP contribution is 2.50. The second-order valence-electron chi connectivity index (χ2n) is 9.54. The molecule has 5 rings (SSSR count). The van der Waals surface area contributed by atoms with Crippen molar-refractivity contribution in [2.45, 2.75) is 51.9 Å². The van der Waals surface area contributed by atoms with Crippen LogP contribution in [0, 0.1) is 23.2 Å². The second-order valence-corrected chi connectivity index (χ2v) is 9.54. The lowest BCUT2D eigenvalue weighted by Gasteiger charge is -2.46. The molecule has 0 unspecified atom stereocenters. The smallest absolute Gasteiger partial charge is 0.176 e. The molecule has 2 aliphatic carbocycles. The van der Waals surface area contributed by atoms with E-state index in [9.17, 15) is 10.1 Å². The molecule has 5 nitrogen and oxygen atoms in total. The summed E-state index contributed by atoms with van der Waals surface area (Å²) in [5, 5.41) is 10.7. The van der Waals surface area contributed by atoms with Gasteiger partial charge in [0.25, 0.3) is 0 Å². The van der Waals surface area contributed by atoms with Crippen LogP contribution < -0.4 is 0 Å². The fraction of sp³-hybridized carbons (Fsp3) is 0.370. The number of hydrogen-bond acceptors (Lipinski definition) is 5. The fourth-order valence-corrected chi connectivity index (χ4v) is 5.69. The van der Waals surface area contributed by atoms with Crippen molar-refractivity contribution in [1.82, 2.24) is 15.0 Å². The maximum atomic E-state index is 12.7. The van der Waals surface area contributed by atoms with Crippen LogP contribution in [0.5, 0.6) is 0 Å². The Balaban J connectivity index is 1.81. The first kappa shape index (κ1) is 20.5. The number of fused-ring (bicyclic) bond motifs is 4. The number of para-hydroxylation sites is 1. The van der Waals surface area contributed by atoms with E-state index in [1.807, 2.05) is 37.3 Å². The first-order valence-electron chi connectivity index (χ1n) is 11.3. The normalized spacial score (nSPS) is 24.6. The van der Waals surface area contributed by atoms with E-state index in [4.69, 9.17) is 9.97 Å². The summed E-state index contributed by atoms with van der Waals surface area (Å²) in [6.07, 6.45) is 5.43. The van der Waals surface area contributed by atoms with E-state index < -0.39 is 5.41 Å². The van der Waals surface area contributed by atoms with Crippen LogP contribution in [0.1, 0.15) is 57.0 Å². The Kier molecular flexibility index (Phi) is 4.70. The molecule has 0 fully saturated rings. The molecule has 0 saturated carbocycles.